The number of nitrogens with two attached hydrogens (primary N) is 1. The summed E-state index contributed by atoms with van der Waals surface area (Å²) in [4.78, 5) is 24.6. The van der Waals surface area contributed by atoms with Crippen molar-refractivity contribution in [3.8, 4) is 0 Å². The number of carbonyl (C=O) groups excluding carboxylic acids is 2. The normalized spacial score (nSPS) is 23.5. The average Bonchev–Trinajstić information content (AvgIpc) is 3.12. The third-order valence-electron chi connectivity index (χ3n) is 5.39. The van der Waals surface area contributed by atoms with Gasteiger partial charge in [0.15, 0.2) is 0 Å². The molecule has 138 valence electrons. The van der Waals surface area contributed by atoms with E-state index in [1.54, 1.807) is 6.07 Å². The summed E-state index contributed by atoms with van der Waals surface area (Å²) in [5, 5.41) is 6.12. The molecule has 2 saturated carbocycles. The van der Waals surface area contributed by atoms with Crippen LogP contribution in [0.3, 0.4) is 0 Å². The Morgan fingerprint density at radius 2 is 1.48 bits per heavy atom. The van der Waals surface area contributed by atoms with E-state index in [0.29, 0.717) is 11.4 Å². The number of halogens is 1. The number of nitrogen functional groups attached to an aromatic ring is 1. The van der Waals surface area contributed by atoms with Crippen LogP contribution in [0.25, 0.3) is 0 Å². The van der Waals surface area contributed by atoms with Gasteiger partial charge in [0.05, 0.1) is 11.4 Å². The van der Waals surface area contributed by atoms with Crippen molar-refractivity contribution in [1.82, 2.24) is 5.32 Å². The lowest BCUT2D eigenvalue weighted by Gasteiger charge is -2.29. The van der Waals surface area contributed by atoms with Crippen molar-refractivity contribution >= 4 is 35.6 Å². The van der Waals surface area contributed by atoms with Crippen LogP contribution in [0.15, 0.2) is 24.3 Å². The maximum atomic E-state index is 12.4. The third-order valence-corrected chi connectivity index (χ3v) is 5.39. The van der Waals surface area contributed by atoms with Gasteiger partial charge in [0, 0.05) is 17.9 Å². The molecule has 2 amide bonds. The molecule has 25 heavy (non-hydrogen) atoms. The van der Waals surface area contributed by atoms with Crippen molar-refractivity contribution in [2.75, 3.05) is 11.1 Å². The SMILES string of the molecule is Cl.Nc1ccccc1NC(=O)C1CCC(NC(=O)C2CCCC2)CC1. The molecule has 0 unspecified atom stereocenters. The van der Waals surface area contributed by atoms with E-state index in [4.69, 9.17) is 5.73 Å². The van der Waals surface area contributed by atoms with Crippen LogP contribution >= 0.6 is 12.4 Å². The average molecular weight is 366 g/mol. The van der Waals surface area contributed by atoms with E-state index in [2.05, 4.69) is 10.6 Å². The summed E-state index contributed by atoms with van der Waals surface area (Å²) >= 11 is 0. The molecule has 0 heterocycles. The van der Waals surface area contributed by atoms with Crippen molar-refractivity contribution < 1.29 is 9.59 Å². The van der Waals surface area contributed by atoms with Gasteiger partial charge < -0.3 is 16.4 Å². The highest BCUT2D eigenvalue weighted by Gasteiger charge is 2.29. The van der Waals surface area contributed by atoms with Gasteiger partial charge in [-0.1, -0.05) is 25.0 Å². The maximum absolute atomic E-state index is 12.4. The van der Waals surface area contributed by atoms with Gasteiger partial charge in [0.25, 0.3) is 0 Å². The molecular formula is C19H28ClN3O2. The molecule has 2 fully saturated rings. The molecule has 2 aliphatic rings. The van der Waals surface area contributed by atoms with E-state index >= 15 is 0 Å². The molecule has 0 spiro atoms. The summed E-state index contributed by atoms with van der Waals surface area (Å²) in [5.41, 5.74) is 7.14. The minimum atomic E-state index is 0. The lowest BCUT2D eigenvalue weighted by atomic mass is 9.85. The summed E-state index contributed by atoms with van der Waals surface area (Å²) in [6, 6.07) is 7.54. The zero-order valence-electron chi connectivity index (χ0n) is 14.5. The lowest BCUT2D eigenvalue weighted by molar-refractivity contribution is -0.125. The van der Waals surface area contributed by atoms with E-state index < -0.39 is 0 Å². The van der Waals surface area contributed by atoms with Crippen LogP contribution in [0.5, 0.6) is 0 Å². The monoisotopic (exact) mass is 365 g/mol. The van der Waals surface area contributed by atoms with E-state index in [0.717, 1.165) is 38.5 Å². The van der Waals surface area contributed by atoms with Crippen LogP contribution in [-0.4, -0.2) is 17.9 Å². The Kier molecular flexibility index (Phi) is 7.12. The molecule has 6 heteroatoms. The van der Waals surface area contributed by atoms with Crippen molar-refractivity contribution in [1.29, 1.82) is 0 Å². The fourth-order valence-corrected chi connectivity index (χ4v) is 3.85. The number of hydrogen-bond acceptors (Lipinski definition) is 3. The zero-order valence-corrected chi connectivity index (χ0v) is 15.3. The van der Waals surface area contributed by atoms with Crippen molar-refractivity contribution in [3.05, 3.63) is 24.3 Å². The summed E-state index contributed by atoms with van der Waals surface area (Å²) < 4.78 is 0. The number of anilines is 2. The van der Waals surface area contributed by atoms with E-state index in [-0.39, 0.29) is 42.1 Å². The molecule has 4 N–H and O–H groups in total. The Balaban J connectivity index is 0.00000225. The van der Waals surface area contributed by atoms with Gasteiger partial charge in [-0.3, -0.25) is 9.59 Å². The highest BCUT2D eigenvalue weighted by molar-refractivity contribution is 5.95. The molecule has 0 saturated heterocycles. The van der Waals surface area contributed by atoms with Crippen LogP contribution in [0, 0.1) is 11.8 Å². The number of carbonyl (C=O) groups is 2. The molecule has 5 nitrogen and oxygen atoms in total. The maximum Gasteiger partial charge on any atom is 0.227 e. The molecule has 1 aromatic rings. The molecule has 0 radical (unpaired) electrons. The zero-order chi connectivity index (χ0) is 16.9. The van der Waals surface area contributed by atoms with Crippen molar-refractivity contribution in [2.45, 2.75) is 57.4 Å². The van der Waals surface area contributed by atoms with Crippen LogP contribution in [0.4, 0.5) is 11.4 Å². The van der Waals surface area contributed by atoms with Crippen molar-refractivity contribution in [3.63, 3.8) is 0 Å². The fraction of sp³-hybridized carbons (Fsp3) is 0.579. The second-order valence-corrected chi connectivity index (χ2v) is 7.12. The minimum Gasteiger partial charge on any atom is -0.397 e. The number of benzene rings is 1. The molecule has 0 aliphatic heterocycles. The Morgan fingerprint density at radius 3 is 2.12 bits per heavy atom. The van der Waals surface area contributed by atoms with Gasteiger partial charge in [-0.2, -0.15) is 0 Å². The Bertz CT molecular complexity index is 594. The van der Waals surface area contributed by atoms with Gasteiger partial charge >= 0.3 is 0 Å². The number of nitrogens with one attached hydrogen (secondary N) is 2. The van der Waals surface area contributed by atoms with Crippen molar-refractivity contribution in [2.24, 2.45) is 11.8 Å². The van der Waals surface area contributed by atoms with E-state index in [1.807, 2.05) is 18.2 Å². The number of para-hydroxylation sites is 2. The molecule has 0 bridgehead atoms. The van der Waals surface area contributed by atoms with Crippen LogP contribution in [-0.2, 0) is 9.59 Å². The van der Waals surface area contributed by atoms with Gasteiger partial charge in [-0.05, 0) is 50.7 Å². The van der Waals surface area contributed by atoms with Gasteiger partial charge in [0.1, 0.15) is 0 Å². The van der Waals surface area contributed by atoms with Gasteiger partial charge in [-0.25, -0.2) is 0 Å². The number of hydrogen-bond donors (Lipinski definition) is 3. The second-order valence-electron chi connectivity index (χ2n) is 7.12. The summed E-state index contributed by atoms with van der Waals surface area (Å²) in [6.07, 6.45) is 7.79. The Hall–Kier alpha value is -1.75. The molecular weight excluding hydrogens is 338 g/mol. The molecule has 0 aromatic heterocycles. The van der Waals surface area contributed by atoms with Crippen LogP contribution < -0.4 is 16.4 Å². The minimum absolute atomic E-state index is 0. The lowest BCUT2D eigenvalue weighted by Crippen LogP contribution is -2.41. The molecule has 3 rings (SSSR count). The first kappa shape index (κ1) is 19.6. The molecule has 0 atom stereocenters. The molecule has 1 aromatic carbocycles. The first-order chi connectivity index (χ1) is 11.6. The number of rotatable bonds is 4. The Labute approximate surface area is 155 Å². The summed E-state index contributed by atoms with van der Waals surface area (Å²) in [5.74, 6) is 0.474. The largest absolute Gasteiger partial charge is 0.397 e. The predicted molar refractivity (Wildman–Crippen MR) is 103 cm³/mol. The van der Waals surface area contributed by atoms with E-state index in [9.17, 15) is 9.59 Å². The van der Waals surface area contributed by atoms with Gasteiger partial charge in [-0.15, -0.1) is 12.4 Å². The highest BCUT2D eigenvalue weighted by Crippen LogP contribution is 2.29. The fourth-order valence-electron chi connectivity index (χ4n) is 3.85. The first-order valence-corrected chi connectivity index (χ1v) is 9.09. The van der Waals surface area contributed by atoms with Gasteiger partial charge in [0.2, 0.25) is 11.8 Å². The van der Waals surface area contributed by atoms with Crippen LogP contribution in [0.2, 0.25) is 0 Å². The standard InChI is InChI=1S/C19H27N3O2.ClH/c20-16-7-3-4-8-17(16)22-19(24)14-9-11-15(12-10-14)21-18(23)13-5-1-2-6-13;/h3-4,7-8,13-15H,1-2,5-6,9-12,20H2,(H,21,23)(H,22,24);1H. The molecule has 2 aliphatic carbocycles. The highest BCUT2D eigenvalue weighted by atomic mass is 35.5. The summed E-state index contributed by atoms with van der Waals surface area (Å²) in [7, 11) is 0. The van der Waals surface area contributed by atoms with Crippen LogP contribution in [0.1, 0.15) is 51.4 Å². The Morgan fingerprint density at radius 1 is 0.880 bits per heavy atom. The smallest absolute Gasteiger partial charge is 0.227 e. The second kappa shape index (κ2) is 9.09. The quantitative estimate of drug-likeness (QED) is 0.714. The number of amides is 2. The topological polar surface area (TPSA) is 84.2 Å². The summed E-state index contributed by atoms with van der Waals surface area (Å²) in [6.45, 7) is 0. The third kappa shape index (κ3) is 5.11. The first-order valence-electron chi connectivity index (χ1n) is 9.09. The predicted octanol–water partition coefficient (Wildman–Crippen LogP) is 3.49. The van der Waals surface area contributed by atoms with E-state index in [1.165, 1.54) is 12.8 Å².